The van der Waals surface area contributed by atoms with Gasteiger partial charge in [0.2, 0.25) is 5.91 Å². The molecule has 0 unspecified atom stereocenters. The molecule has 0 spiro atoms. The van der Waals surface area contributed by atoms with Crippen LogP contribution in [0.2, 0.25) is 0 Å². The van der Waals surface area contributed by atoms with Gasteiger partial charge < -0.3 is 29.0 Å². The first-order chi connectivity index (χ1) is 12.2. The van der Waals surface area contributed by atoms with Gasteiger partial charge in [-0.1, -0.05) is 0 Å². The van der Waals surface area contributed by atoms with Crippen LogP contribution in [0, 0.1) is 0 Å². The third-order valence-electron chi connectivity index (χ3n) is 3.33. The molecule has 0 aromatic heterocycles. The van der Waals surface area contributed by atoms with Crippen LogP contribution in [0.4, 0.5) is 0 Å². The maximum absolute atomic E-state index is 11.4. The Balaban J connectivity index is 2.80. The Labute approximate surface area is 151 Å². The van der Waals surface area contributed by atoms with E-state index in [-0.39, 0.29) is 32.1 Å². The van der Waals surface area contributed by atoms with Crippen molar-refractivity contribution in [1.82, 2.24) is 5.32 Å². The lowest BCUT2D eigenvalue weighted by Crippen LogP contribution is -2.54. The molecule has 1 fully saturated rings. The highest BCUT2D eigenvalue weighted by Gasteiger charge is 2.44. The molecular weight excluding hydrogens is 350 g/mol. The van der Waals surface area contributed by atoms with Gasteiger partial charge >= 0.3 is 17.9 Å². The van der Waals surface area contributed by atoms with Gasteiger partial charge in [-0.25, -0.2) is 0 Å². The summed E-state index contributed by atoms with van der Waals surface area (Å²) in [6.45, 7) is 5.29. The van der Waals surface area contributed by atoms with Crippen molar-refractivity contribution < 1.29 is 42.9 Å². The predicted octanol–water partition coefficient (Wildman–Crippen LogP) is -0.319. The zero-order chi connectivity index (χ0) is 19.7. The maximum atomic E-state index is 11.4. The Kier molecular flexibility index (Phi) is 9.00. The Morgan fingerprint density at radius 2 is 1.65 bits per heavy atom. The van der Waals surface area contributed by atoms with E-state index in [2.05, 4.69) is 5.32 Å². The topological polar surface area (TPSA) is 126 Å². The summed E-state index contributed by atoms with van der Waals surface area (Å²) in [7, 11) is 0. The summed E-state index contributed by atoms with van der Waals surface area (Å²) in [5, 5.41) is 2.57. The van der Waals surface area contributed by atoms with Gasteiger partial charge in [-0.05, 0) is 0 Å². The average molecular weight is 375 g/mol. The molecule has 10 heteroatoms. The standard InChI is InChI=1S/C16H25NO9/c1-9(18)17-5-6-22-15-7-13(24-11(3)20)16(25-12(4)21)14(26-15)8-23-10(2)19/h13-16H,5-8H2,1-4H3,(H,17,18)/t13-,14-,15+,16-/m1/s1. The molecule has 4 atom stereocenters. The van der Waals surface area contributed by atoms with Crippen molar-refractivity contribution in [3.05, 3.63) is 0 Å². The quantitative estimate of drug-likeness (QED) is 0.345. The zero-order valence-electron chi connectivity index (χ0n) is 15.3. The van der Waals surface area contributed by atoms with E-state index >= 15 is 0 Å². The molecule has 26 heavy (non-hydrogen) atoms. The molecule has 0 bridgehead atoms. The molecule has 1 amide bonds. The summed E-state index contributed by atoms with van der Waals surface area (Å²) in [4.78, 5) is 44.7. The molecule has 1 aliphatic heterocycles. The van der Waals surface area contributed by atoms with Crippen LogP contribution < -0.4 is 5.32 Å². The number of rotatable bonds is 8. The van der Waals surface area contributed by atoms with Crippen molar-refractivity contribution in [3.8, 4) is 0 Å². The van der Waals surface area contributed by atoms with Crippen molar-refractivity contribution in [2.24, 2.45) is 0 Å². The first kappa shape index (κ1) is 21.8. The minimum absolute atomic E-state index is 0.119. The van der Waals surface area contributed by atoms with E-state index in [4.69, 9.17) is 23.7 Å². The molecule has 0 saturated carbocycles. The van der Waals surface area contributed by atoms with Crippen LogP contribution in [0.15, 0.2) is 0 Å². The average Bonchev–Trinajstić information content (AvgIpc) is 2.51. The number of carbonyl (C=O) groups is 4. The molecule has 1 aliphatic rings. The van der Waals surface area contributed by atoms with Gasteiger partial charge in [-0.3, -0.25) is 19.2 Å². The van der Waals surface area contributed by atoms with Crippen LogP contribution in [0.3, 0.4) is 0 Å². The molecule has 148 valence electrons. The lowest BCUT2D eigenvalue weighted by Gasteiger charge is -2.39. The SMILES string of the molecule is CC(=O)NCCO[C@@H]1C[C@@H](OC(C)=O)[C@@H](OC(C)=O)[C@@H](COC(C)=O)O1. The second kappa shape index (κ2) is 10.7. The number of nitrogens with one attached hydrogen (secondary N) is 1. The summed E-state index contributed by atoms with van der Waals surface area (Å²) in [5.74, 6) is -1.88. The Hall–Kier alpha value is -2.20. The smallest absolute Gasteiger partial charge is 0.303 e. The minimum Gasteiger partial charge on any atom is -0.463 e. The molecule has 0 aromatic rings. The van der Waals surface area contributed by atoms with Crippen molar-refractivity contribution in [3.63, 3.8) is 0 Å². The first-order valence-corrected chi connectivity index (χ1v) is 8.18. The lowest BCUT2D eigenvalue weighted by atomic mass is 10.0. The zero-order valence-corrected chi connectivity index (χ0v) is 15.3. The summed E-state index contributed by atoms with van der Waals surface area (Å²) in [6, 6.07) is 0. The van der Waals surface area contributed by atoms with E-state index in [1.807, 2.05) is 0 Å². The van der Waals surface area contributed by atoms with Crippen molar-refractivity contribution in [2.75, 3.05) is 19.8 Å². The minimum atomic E-state index is -0.939. The highest BCUT2D eigenvalue weighted by molar-refractivity contribution is 5.72. The Bertz CT molecular complexity index is 522. The third-order valence-corrected chi connectivity index (χ3v) is 3.33. The summed E-state index contributed by atoms with van der Waals surface area (Å²) >= 11 is 0. The van der Waals surface area contributed by atoms with Gasteiger partial charge in [0.25, 0.3) is 0 Å². The fraction of sp³-hybridized carbons (Fsp3) is 0.750. The van der Waals surface area contributed by atoms with Gasteiger partial charge in [-0.15, -0.1) is 0 Å². The van der Waals surface area contributed by atoms with E-state index in [9.17, 15) is 19.2 Å². The number of ether oxygens (including phenoxy) is 5. The molecule has 0 aliphatic carbocycles. The molecule has 0 radical (unpaired) electrons. The second-order valence-electron chi connectivity index (χ2n) is 5.72. The van der Waals surface area contributed by atoms with E-state index < -0.39 is 42.5 Å². The Morgan fingerprint density at radius 3 is 2.19 bits per heavy atom. The summed E-state index contributed by atoms with van der Waals surface area (Å²) < 4.78 is 26.6. The van der Waals surface area contributed by atoms with Crippen LogP contribution in [0.1, 0.15) is 34.1 Å². The monoisotopic (exact) mass is 375 g/mol. The van der Waals surface area contributed by atoms with Crippen LogP contribution >= 0.6 is 0 Å². The van der Waals surface area contributed by atoms with Crippen molar-refractivity contribution >= 4 is 23.8 Å². The number of hydrogen-bond acceptors (Lipinski definition) is 9. The van der Waals surface area contributed by atoms with Crippen LogP contribution in [-0.4, -0.2) is 68.2 Å². The van der Waals surface area contributed by atoms with Gasteiger partial charge in [0.1, 0.15) is 18.8 Å². The largest absolute Gasteiger partial charge is 0.463 e. The second-order valence-corrected chi connectivity index (χ2v) is 5.72. The highest BCUT2D eigenvalue weighted by Crippen LogP contribution is 2.27. The number of esters is 3. The fourth-order valence-electron chi connectivity index (χ4n) is 2.42. The number of carbonyl (C=O) groups excluding carboxylic acids is 4. The van der Waals surface area contributed by atoms with Gasteiger partial charge in [-0.2, -0.15) is 0 Å². The molecular formula is C16H25NO9. The van der Waals surface area contributed by atoms with Crippen molar-refractivity contribution in [1.29, 1.82) is 0 Å². The van der Waals surface area contributed by atoms with E-state index in [0.717, 1.165) is 0 Å². The number of amides is 1. The Morgan fingerprint density at radius 1 is 1.00 bits per heavy atom. The molecule has 1 heterocycles. The first-order valence-electron chi connectivity index (χ1n) is 8.18. The van der Waals surface area contributed by atoms with E-state index in [1.165, 1.54) is 27.7 Å². The number of hydrogen-bond donors (Lipinski definition) is 1. The van der Waals surface area contributed by atoms with Gasteiger partial charge in [0.05, 0.1) is 6.61 Å². The van der Waals surface area contributed by atoms with Crippen molar-refractivity contribution in [2.45, 2.75) is 58.7 Å². The fourth-order valence-corrected chi connectivity index (χ4v) is 2.42. The molecule has 1 saturated heterocycles. The highest BCUT2D eigenvalue weighted by atomic mass is 16.7. The van der Waals surface area contributed by atoms with Gasteiger partial charge in [0.15, 0.2) is 12.4 Å². The van der Waals surface area contributed by atoms with E-state index in [0.29, 0.717) is 0 Å². The van der Waals surface area contributed by atoms with Crippen LogP contribution in [0.5, 0.6) is 0 Å². The molecule has 0 aromatic carbocycles. The molecule has 1 N–H and O–H groups in total. The third kappa shape index (κ3) is 8.26. The lowest BCUT2D eigenvalue weighted by molar-refractivity contribution is -0.265. The molecule has 10 nitrogen and oxygen atoms in total. The van der Waals surface area contributed by atoms with Crippen LogP contribution in [-0.2, 0) is 42.9 Å². The van der Waals surface area contributed by atoms with Gasteiger partial charge in [0, 0.05) is 40.7 Å². The predicted molar refractivity (Wildman–Crippen MR) is 85.7 cm³/mol. The van der Waals surface area contributed by atoms with E-state index in [1.54, 1.807) is 0 Å². The summed E-state index contributed by atoms with van der Waals surface area (Å²) in [6.07, 6.45) is -3.30. The maximum Gasteiger partial charge on any atom is 0.303 e. The normalized spacial score (nSPS) is 25.1. The molecule has 1 rings (SSSR count). The summed E-state index contributed by atoms with van der Waals surface area (Å²) in [5.41, 5.74) is 0. The van der Waals surface area contributed by atoms with Crippen LogP contribution in [0.25, 0.3) is 0 Å².